The summed E-state index contributed by atoms with van der Waals surface area (Å²) in [5.74, 6) is 1.24. The zero-order valence-corrected chi connectivity index (χ0v) is 13.5. The summed E-state index contributed by atoms with van der Waals surface area (Å²) in [5, 5.41) is 4.79. The van der Waals surface area contributed by atoms with Gasteiger partial charge in [0.15, 0.2) is 0 Å². The van der Waals surface area contributed by atoms with Crippen molar-refractivity contribution in [2.75, 3.05) is 19.3 Å². The molecule has 0 bridgehead atoms. The minimum atomic E-state index is 0.242. The van der Waals surface area contributed by atoms with Crippen LogP contribution < -0.4 is 5.32 Å². The van der Waals surface area contributed by atoms with E-state index < -0.39 is 0 Å². The van der Waals surface area contributed by atoms with Crippen LogP contribution in [-0.4, -0.2) is 23.9 Å². The van der Waals surface area contributed by atoms with Gasteiger partial charge in [-0.05, 0) is 57.7 Å². The average molecular weight is 288 g/mol. The Kier molecular flexibility index (Phi) is 3.83. The number of fused-ring (bicyclic) bond motifs is 3. The van der Waals surface area contributed by atoms with E-state index in [2.05, 4.69) is 59.8 Å². The smallest absolute Gasteiger partial charge is 0.0547 e. The van der Waals surface area contributed by atoms with E-state index in [4.69, 9.17) is 0 Å². The SMILES string of the molecule is CCn1c2c(c3ccccc31)CCSC2(C)CCNC. The topological polar surface area (TPSA) is 17.0 Å². The van der Waals surface area contributed by atoms with E-state index in [0.717, 1.165) is 13.1 Å². The van der Waals surface area contributed by atoms with Crippen LogP contribution in [0.4, 0.5) is 0 Å². The predicted octanol–water partition coefficient (Wildman–Crippen LogP) is 3.78. The molecule has 1 aromatic carbocycles. The number of hydrogen-bond donors (Lipinski definition) is 1. The van der Waals surface area contributed by atoms with Crippen molar-refractivity contribution < 1.29 is 0 Å². The lowest BCUT2D eigenvalue weighted by atomic mass is 9.95. The van der Waals surface area contributed by atoms with Crippen LogP contribution in [0, 0.1) is 0 Å². The standard InChI is InChI=1S/C17H24N2S/c1-4-19-15-8-6-5-7-13(15)14-9-12-20-17(2,16(14)19)10-11-18-3/h5-8,18H,4,9-12H2,1-3H3. The van der Waals surface area contributed by atoms with Crippen LogP contribution in [0.3, 0.4) is 0 Å². The molecule has 2 aromatic rings. The van der Waals surface area contributed by atoms with Crippen LogP contribution in [-0.2, 0) is 17.7 Å². The summed E-state index contributed by atoms with van der Waals surface area (Å²) in [6, 6.07) is 8.92. The van der Waals surface area contributed by atoms with Crippen LogP contribution in [0.2, 0.25) is 0 Å². The van der Waals surface area contributed by atoms with E-state index in [1.54, 1.807) is 11.3 Å². The predicted molar refractivity (Wildman–Crippen MR) is 89.7 cm³/mol. The summed E-state index contributed by atoms with van der Waals surface area (Å²) in [6.45, 7) is 6.84. The summed E-state index contributed by atoms with van der Waals surface area (Å²) < 4.78 is 2.79. The lowest BCUT2D eigenvalue weighted by Crippen LogP contribution is -2.30. The van der Waals surface area contributed by atoms with Crippen LogP contribution >= 0.6 is 11.8 Å². The number of thioether (sulfide) groups is 1. The quantitative estimate of drug-likeness (QED) is 0.922. The Hall–Kier alpha value is -0.930. The van der Waals surface area contributed by atoms with Gasteiger partial charge < -0.3 is 9.88 Å². The highest BCUT2D eigenvalue weighted by Gasteiger charge is 2.36. The van der Waals surface area contributed by atoms with Gasteiger partial charge in [0.25, 0.3) is 0 Å². The van der Waals surface area contributed by atoms with Crippen molar-refractivity contribution in [3.63, 3.8) is 0 Å². The molecule has 1 N–H and O–H groups in total. The first-order valence-electron chi connectivity index (χ1n) is 7.60. The monoisotopic (exact) mass is 288 g/mol. The molecule has 0 radical (unpaired) electrons. The second-order valence-electron chi connectivity index (χ2n) is 5.77. The normalized spacial score (nSPS) is 22.1. The third kappa shape index (κ3) is 2.08. The second-order valence-corrected chi connectivity index (χ2v) is 7.37. The Balaban J connectivity index is 2.21. The van der Waals surface area contributed by atoms with Crippen molar-refractivity contribution in [3.8, 4) is 0 Å². The highest BCUT2D eigenvalue weighted by molar-refractivity contribution is 8.00. The Morgan fingerprint density at radius 3 is 2.90 bits per heavy atom. The molecule has 1 atom stereocenters. The fraction of sp³-hybridized carbons (Fsp3) is 0.529. The lowest BCUT2D eigenvalue weighted by Gasteiger charge is -2.35. The number of nitrogens with zero attached hydrogens (tertiary/aromatic N) is 1. The molecule has 0 saturated carbocycles. The molecule has 2 heterocycles. The third-order valence-corrected chi connectivity index (χ3v) is 5.96. The van der Waals surface area contributed by atoms with Gasteiger partial charge in [0.1, 0.15) is 0 Å². The number of hydrogen-bond acceptors (Lipinski definition) is 2. The zero-order chi connectivity index (χ0) is 14.2. The van der Waals surface area contributed by atoms with Crippen LogP contribution in [0.15, 0.2) is 24.3 Å². The molecular weight excluding hydrogens is 264 g/mol. The van der Waals surface area contributed by atoms with Crippen molar-refractivity contribution in [2.24, 2.45) is 0 Å². The maximum atomic E-state index is 3.32. The molecule has 20 heavy (non-hydrogen) atoms. The Labute approximate surface area is 125 Å². The first-order valence-corrected chi connectivity index (χ1v) is 8.59. The largest absolute Gasteiger partial charge is 0.343 e. The van der Waals surface area contributed by atoms with Crippen molar-refractivity contribution in [1.82, 2.24) is 9.88 Å². The lowest BCUT2D eigenvalue weighted by molar-refractivity contribution is 0.538. The molecular formula is C17H24N2S. The molecule has 1 unspecified atom stereocenters. The molecule has 0 amide bonds. The maximum absolute atomic E-state index is 3.32. The minimum Gasteiger partial charge on any atom is -0.343 e. The summed E-state index contributed by atoms with van der Waals surface area (Å²) >= 11 is 2.13. The fourth-order valence-electron chi connectivity index (χ4n) is 3.56. The van der Waals surface area contributed by atoms with Crippen molar-refractivity contribution in [3.05, 3.63) is 35.5 Å². The molecule has 3 rings (SSSR count). The van der Waals surface area contributed by atoms with Crippen LogP contribution in [0.1, 0.15) is 31.5 Å². The number of nitrogens with one attached hydrogen (secondary N) is 1. The fourth-order valence-corrected chi connectivity index (χ4v) is 4.94. The molecule has 0 saturated heterocycles. The van der Waals surface area contributed by atoms with Gasteiger partial charge in [-0.25, -0.2) is 0 Å². The number of rotatable bonds is 4. The van der Waals surface area contributed by atoms with E-state index in [9.17, 15) is 0 Å². The number of benzene rings is 1. The van der Waals surface area contributed by atoms with Gasteiger partial charge in [-0.1, -0.05) is 18.2 Å². The van der Waals surface area contributed by atoms with Crippen LogP contribution in [0.25, 0.3) is 10.9 Å². The van der Waals surface area contributed by atoms with Gasteiger partial charge in [-0.3, -0.25) is 0 Å². The molecule has 1 aliphatic heterocycles. The molecule has 0 aliphatic carbocycles. The Morgan fingerprint density at radius 2 is 2.15 bits per heavy atom. The summed E-state index contributed by atoms with van der Waals surface area (Å²) in [7, 11) is 2.05. The average Bonchev–Trinajstić information content (AvgIpc) is 2.81. The van der Waals surface area contributed by atoms with Crippen molar-refractivity contribution in [2.45, 2.75) is 38.0 Å². The number of aromatic nitrogens is 1. The van der Waals surface area contributed by atoms with Gasteiger partial charge in [0.05, 0.1) is 4.75 Å². The molecule has 2 nitrogen and oxygen atoms in total. The van der Waals surface area contributed by atoms with Gasteiger partial charge in [0.2, 0.25) is 0 Å². The van der Waals surface area contributed by atoms with Crippen LogP contribution in [0.5, 0.6) is 0 Å². The van der Waals surface area contributed by atoms with E-state index in [1.807, 2.05) is 7.05 Å². The number of aryl methyl sites for hydroxylation is 2. The molecule has 3 heteroatoms. The van der Waals surface area contributed by atoms with Crippen molar-refractivity contribution >= 4 is 22.7 Å². The highest BCUT2D eigenvalue weighted by Crippen LogP contribution is 2.48. The summed E-state index contributed by atoms with van der Waals surface area (Å²) in [5.41, 5.74) is 4.59. The van der Waals surface area contributed by atoms with Gasteiger partial charge in [-0.15, -0.1) is 11.8 Å². The third-order valence-electron chi connectivity index (χ3n) is 4.52. The molecule has 108 valence electrons. The summed E-state index contributed by atoms with van der Waals surface area (Å²) in [6.07, 6.45) is 2.40. The van der Waals surface area contributed by atoms with Gasteiger partial charge in [-0.2, -0.15) is 0 Å². The zero-order valence-electron chi connectivity index (χ0n) is 12.7. The molecule has 0 spiro atoms. The second kappa shape index (κ2) is 5.45. The van der Waals surface area contributed by atoms with Crippen molar-refractivity contribution in [1.29, 1.82) is 0 Å². The Morgan fingerprint density at radius 1 is 1.35 bits per heavy atom. The first-order chi connectivity index (χ1) is 9.71. The maximum Gasteiger partial charge on any atom is 0.0547 e. The molecule has 1 aromatic heterocycles. The molecule has 1 aliphatic rings. The van der Waals surface area contributed by atoms with E-state index in [-0.39, 0.29) is 4.75 Å². The van der Waals surface area contributed by atoms with E-state index >= 15 is 0 Å². The first kappa shape index (κ1) is 14.0. The highest BCUT2D eigenvalue weighted by atomic mass is 32.2. The Bertz CT molecular complexity index is 584. The molecule has 0 fully saturated rings. The van der Waals surface area contributed by atoms with E-state index in [1.165, 1.54) is 29.5 Å². The summed E-state index contributed by atoms with van der Waals surface area (Å²) in [4.78, 5) is 0. The van der Waals surface area contributed by atoms with Gasteiger partial charge >= 0.3 is 0 Å². The van der Waals surface area contributed by atoms with Gasteiger partial charge in [0, 0.05) is 23.1 Å². The number of para-hydroxylation sites is 1. The van der Waals surface area contributed by atoms with E-state index in [0.29, 0.717) is 0 Å². The minimum absolute atomic E-state index is 0.242.